The molecule has 1 fully saturated rings. The number of rotatable bonds is 5. The first kappa shape index (κ1) is 21.2. The van der Waals surface area contributed by atoms with Gasteiger partial charge in [-0.15, -0.1) is 10.2 Å². The average molecular weight is 424 g/mol. The van der Waals surface area contributed by atoms with Crippen LogP contribution in [0.2, 0.25) is 0 Å². The zero-order valence-electron chi connectivity index (χ0n) is 18.5. The van der Waals surface area contributed by atoms with Gasteiger partial charge in [0.1, 0.15) is 11.4 Å². The average Bonchev–Trinajstić information content (AvgIpc) is 3.22. The van der Waals surface area contributed by atoms with Crippen LogP contribution in [-0.2, 0) is 4.74 Å². The molecule has 0 amide bonds. The largest absolute Gasteiger partial charge is 0.507 e. The van der Waals surface area contributed by atoms with Crippen LogP contribution in [0.15, 0.2) is 36.8 Å². The van der Waals surface area contributed by atoms with E-state index in [1.165, 1.54) is 0 Å². The Labute approximate surface area is 181 Å². The Morgan fingerprint density at radius 1 is 1.13 bits per heavy atom. The van der Waals surface area contributed by atoms with E-state index in [1.54, 1.807) is 37.8 Å². The molecule has 0 unspecified atom stereocenters. The van der Waals surface area contributed by atoms with Gasteiger partial charge in [0.25, 0.3) is 0 Å². The van der Waals surface area contributed by atoms with Crippen LogP contribution < -0.4 is 10.6 Å². The highest BCUT2D eigenvalue weighted by Crippen LogP contribution is 2.33. The molecule has 2 aromatic heterocycles. The molecule has 1 saturated heterocycles. The normalized spacial score (nSPS) is 22.2. The molecule has 4 N–H and O–H groups in total. The standard InChI is InChI=1S/C22H29N7O2/c1-21(2)9-16(19(31-5)22(3,4)29-21)26-20-23-12-17(27-28-20)15-7-6-13(8-18(15)30)14-10-24-25-11-14/h6-8,10-12,16,19,29-30H,9H2,1-5H3,(H,24,25)(H,23,26,28)/t16-,19-/m0/s1. The highest BCUT2D eigenvalue weighted by Gasteiger charge is 2.46. The molecule has 0 saturated carbocycles. The zero-order chi connectivity index (χ0) is 22.2. The minimum Gasteiger partial charge on any atom is -0.507 e. The molecular formula is C22H29N7O2. The van der Waals surface area contributed by atoms with Gasteiger partial charge in [0.05, 0.1) is 24.5 Å². The van der Waals surface area contributed by atoms with E-state index in [4.69, 9.17) is 4.74 Å². The summed E-state index contributed by atoms with van der Waals surface area (Å²) in [5.41, 5.74) is 2.53. The summed E-state index contributed by atoms with van der Waals surface area (Å²) in [6.07, 6.45) is 5.86. The molecule has 1 aliphatic heterocycles. The number of H-pyrrole nitrogens is 1. The summed E-state index contributed by atoms with van der Waals surface area (Å²) in [5.74, 6) is 0.538. The van der Waals surface area contributed by atoms with Gasteiger partial charge in [0.2, 0.25) is 5.95 Å². The van der Waals surface area contributed by atoms with Crippen molar-refractivity contribution >= 4 is 5.95 Å². The molecule has 0 radical (unpaired) electrons. The second-order valence-electron chi connectivity index (χ2n) is 9.23. The number of anilines is 1. The minimum atomic E-state index is -0.218. The van der Waals surface area contributed by atoms with Crippen LogP contribution >= 0.6 is 0 Å². The molecule has 2 atom stereocenters. The Kier molecular flexibility index (Phi) is 5.40. The maximum Gasteiger partial charge on any atom is 0.243 e. The third-order valence-electron chi connectivity index (χ3n) is 5.70. The maximum absolute atomic E-state index is 10.5. The SMILES string of the molecule is CO[C@H]1[C@@H](Nc2ncc(-c3ccc(-c4cn[nH]c4)cc3O)nn2)CC(C)(C)NC1(C)C. The van der Waals surface area contributed by atoms with E-state index in [0.29, 0.717) is 17.2 Å². The Morgan fingerprint density at radius 2 is 1.94 bits per heavy atom. The lowest BCUT2D eigenvalue weighted by molar-refractivity contribution is -0.0273. The van der Waals surface area contributed by atoms with Crippen LogP contribution in [0.25, 0.3) is 22.4 Å². The molecule has 164 valence electrons. The third kappa shape index (κ3) is 4.38. The number of nitrogens with zero attached hydrogens (tertiary/aromatic N) is 4. The molecule has 4 rings (SSSR count). The van der Waals surface area contributed by atoms with Crippen LogP contribution in [0, 0.1) is 0 Å². The van der Waals surface area contributed by atoms with Crippen LogP contribution in [0.3, 0.4) is 0 Å². The number of phenols is 1. The number of aromatic hydroxyl groups is 1. The van der Waals surface area contributed by atoms with Crippen LogP contribution in [0.1, 0.15) is 34.1 Å². The van der Waals surface area contributed by atoms with Gasteiger partial charge in [0.15, 0.2) is 0 Å². The second-order valence-corrected chi connectivity index (χ2v) is 9.23. The predicted molar refractivity (Wildman–Crippen MR) is 119 cm³/mol. The lowest BCUT2D eigenvalue weighted by Crippen LogP contribution is -2.69. The van der Waals surface area contributed by atoms with Gasteiger partial charge in [0, 0.05) is 35.5 Å². The number of phenolic OH excluding ortho intramolecular Hbond substituents is 1. The molecule has 9 heteroatoms. The van der Waals surface area contributed by atoms with Crippen molar-refractivity contribution in [2.45, 2.75) is 57.3 Å². The number of ether oxygens (including phenoxy) is 1. The number of aromatic nitrogens is 5. The van der Waals surface area contributed by atoms with E-state index < -0.39 is 0 Å². The second kappa shape index (κ2) is 7.90. The number of hydrogen-bond donors (Lipinski definition) is 4. The smallest absolute Gasteiger partial charge is 0.243 e. The summed E-state index contributed by atoms with van der Waals surface area (Å²) >= 11 is 0. The summed E-state index contributed by atoms with van der Waals surface area (Å²) in [7, 11) is 1.72. The van der Waals surface area contributed by atoms with Crippen molar-refractivity contribution in [1.29, 1.82) is 0 Å². The Morgan fingerprint density at radius 3 is 2.55 bits per heavy atom. The first-order valence-electron chi connectivity index (χ1n) is 10.3. The van der Waals surface area contributed by atoms with E-state index in [2.05, 4.69) is 63.7 Å². The van der Waals surface area contributed by atoms with Crippen LogP contribution in [-0.4, -0.2) is 60.8 Å². The number of nitrogens with one attached hydrogen (secondary N) is 3. The fourth-order valence-corrected chi connectivity index (χ4v) is 4.71. The molecule has 1 aromatic carbocycles. The van der Waals surface area contributed by atoms with Crippen molar-refractivity contribution in [3.63, 3.8) is 0 Å². The molecule has 0 aliphatic carbocycles. The lowest BCUT2D eigenvalue weighted by Gasteiger charge is -2.51. The first-order chi connectivity index (χ1) is 14.7. The summed E-state index contributed by atoms with van der Waals surface area (Å²) in [4.78, 5) is 4.44. The number of piperidine rings is 1. The summed E-state index contributed by atoms with van der Waals surface area (Å²) in [6.45, 7) is 8.62. The topological polar surface area (TPSA) is 121 Å². The van der Waals surface area contributed by atoms with Crippen LogP contribution in [0.4, 0.5) is 5.95 Å². The van der Waals surface area contributed by atoms with Crippen molar-refractivity contribution in [2.24, 2.45) is 0 Å². The Hall–Kier alpha value is -3.04. The van der Waals surface area contributed by atoms with Crippen molar-refractivity contribution in [1.82, 2.24) is 30.7 Å². The lowest BCUT2D eigenvalue weighted by atomic mass is 9.77. The minimum absolute atomic E-state index is 0.0200. The number of benzene rings is 1. The Balaban J connectivity index is 1.53. The van der Waals surface area contributed by atoms with E-state index in [-0.39, 0.29) is 29.0 Å². The first-order valence-corrected chi connectivity index (χ1v) is 10.3. The van der Waals surface area contributed by atoms with Gasteiger partial charge >= 0.3 is 0 Å². The molecule has 0 spiro atoms. The monoisotopic (exact) mass is 423 g/mol. The summed E-state index contributed by atoms with van der Waals surface area (Å²) in [6, 6.07) is 5.40. The quantitative estimate of drug-likeness (QED) is 0.494. The highest BCUT2D eigenvalue weighted by atomic mass is 16.5. The van der Waals surface area contributed by atoms with E-state index in [9.17, 15) is 5.11 Å². The van der Waals surface area contributed by atoms with Gasteiger partial charge in [-0.05, 0) is 51.8 Å². The van der Waals surface area contributed by atoms with Gasteiger partial charge in [-0.3, -0.25) is 5.10 Å². The fraction of sp³-hybridized carbons (Fsp3) is 0.455. The highest BCUT2D eigenvalue weighted by molar-refractivity contribution is 5.73. The van der Waals surface area contributed by atoms with Gasteiger partial charge < -0.3 is 20.5 Å². The predicted octanol–water partition coefficient (Wildman–Crippen LogP) is 2.98. The molecule has 9 nitrogen and oxygen atoms in total. The van der Waals surface area contributed by atoms with E-state index >= 15 is 0 Å². The fourth-order valence-electron chi connectivity index (χ4n) is 4.71. The molecule has 0 bridgehead atoms. The van der Waals surface area contributed by atoms with Gasteiger partial charge in [-0.1, -0.05) is 6.07 Å². The molecule has 31 heavy (non-hydrogen) atoms. The Bertz CT molecular complexity index is 1030. The zero-order valence-corrected chi connectivity index (χ0v) is 18.5. The molecule has 3 heterocycles. The number of methoxy groups -OCH3 is 1. The van der Waals surface area contributed by atoms with Crippen molar-refractivity contribution in [2.75, 3.05) is 12.4 Å². The van der Waals surface area contributed by atoms with E-state index in [0.717, 1.165) is 17.5 Å². The van der Waals surface area contributed by atoms with Crippen LogP contribution in [0.5, 0.6) is 5.75 Å². The van der Waals surface area contributed by atoms with Crippen molar-refractivity contribution < 1.29 is 9.84 Å². The van der Waals surface area contributed by atoms with Gasteiger partial charge in [-0.2, -0.15) is 5.10 Å². The summed E-state index contributed by atoms with van der Waals surface area (Å²) in [5, 5.41) is 32.8. The van der Waals surface area contributed by atoms with E-state index in [1.807, 2.05) is 6.07 Å². The van der Waals surface area contributed by atoms with Gasteiger partial charge in [-0.25, -0.2) is 4.98 Å². The third-order valence-corrected chi connectivity index (χ3v) is 5.70. The number of hydrogen-bond acceptors (Lipinski definition) is 8. The number of aromatic amines is 1. The molecular weight excluding hydrogens is 394 g/mol. The molecule has 3 aromatic rings. The summed E-state index contributed by atoms with van der Waals surface area (Å²) < 4.78 is 5.79. The maximum atomic E-state index is 10.5. The molecule has 1 aliphatic rings. The van der Waals surface area contributed by atoms with Crippen molar-refractivity contribution in [3.05, 3.63) is 36.8 Å². The van der Waals surface area contributed by atoms with Crippen molar-refractivity contribution in [3.8, 4) is 28.1 Å².